The fourth-order valence-corrected chi connectivity index (χ4v) is 3.31. The van der Waals surface area contributed by atoms with Gasteiger partial charge >= 0.3 is 0 Å². The van der Waals surface area contributed by atoms with E-state index >= 15 is 0 Å². The number of carbonyl (C=O) groups is 2. The zero-order valence-corrected chi connectivity index (χ0v) is 17.0. The van der Waals surface area contributed by atoms with Crippen molar-refractivity contribution in [3.63, 3.8) is 0 Å². The minimum Gasteiger partial charge on any atom is -0.379 e. The molecular formula is C20H24N8O3. The average Bonchev–Trinajstić information content (AvgIpc) is 3.22. The van der Waals surface area contributed by atoms with Crippen LogP contribution in [-0.4, -0.2) is 77.1 Å². The summed E-state index contributed by atoms with van der Waals surface area (Å²) in [7, 11) is 0. The Balaban J connectivity index is 1.37. The molecule has 0 aromatic carbocycles. The van der Waals surface area contributed by atoms with Crippen molar-refractivity contribution in [1.82, 2.24) is 19.7 Å². The Morgan fingerprint density at radius 3 is 2.61 bits per heavy atom. The SMILES string of the molecule is N#Cc1ccc(N2CCN(C(=O)CCOCCn3ncc(C(N)=O)c3C=N)CC2)nc1. The third-order valence-electron chi connectivity index (χ3n) is 5.02. The molecule has 3 rings (SSSR count). The lowest BCUT2D eigenvalue weighted by molar-refractivity contribution is -0.132. The van der Waals surface area contributed by atoms with E-state index in [1.165, 1.54) is 10.9 Å². The summed E-state index contributed by atoms with van der Waals surface area (Å²) in [6.07, 6.45) is 4.19. The highest BCUT2D eigenvalue weighted by molar-refractivity contribution is 5.99. The zero-order chi connectivity index (χ0) is 22.2. The highest BCUT2D eigenvalue weighted by Gasteiger charge is 2.21. The maximum absolute atomic E-state index is 12.4. The van der Waals surface area contributed by atoms with Gasteiger partial charge < -0.3 is 25.7 Å². The molecule has 162 valence electrons. The zero-order valence-electron chi connectivity index (χ0n) is 17.0. The van der Waals surface area contributed by atoms with Crippen molar-refractivity contribution >= 4 is 23.8 Å². The Hall–Kier alpha value is -3.78. The van der Waals surface area contributed by atoms with Gasteiger partial charge in [0.2, 0.25) is 5.91 Å². The topological polar surface area (TPSA) is 154 Å². The van der Waals surface area contributed by atoms with Gasteiger partial charge in [0.1, 0.15) is 11.9 Å². The van der Waals surface area contributed by atoms with Crippen LogP contribution in [0.3, 0.4) is 0 Å². The van der Waals surface area contributed by atoms with Crippen LogP contribution < -0.4 is 10.6 Å². The number of rotatable bonds is 9. The second-order valence-corrected chi connectivity index (χ2v) is 6.92. The normalized spacial score (nSPS) is 13.6. The van der Waals surface area contributed by atoms with E-state index in [1.807, 2.05) is 17.0 Å². The smallest absolute Gasteiger partial charge is 0.252 e. The second-order valence-electron chi connectivity index (χ2n) is 6.92. The standard InChI is InChI=1S/C20H24N8O3/c21-11-15-1-2-18(24-13-15)26-4-6-27(7-5-26)19(29)3-9-31-10-8-28-17(12-22)16(14-25-28)20(23)30/h1-2,12-14,22H,3-10H2,(H2,23,30). The van der Waals surface area contributed by atoms with Crippen molar-refractivity contribution in [2.75, 3.05) is 44.3 Å². The number of hydrogen-bond donors (Lipinski definition) is 2. The Morgan fingerprint density at radius 2 is 2.00 bits per heavy atom. The van der Waals surface area contributed by atoms with E-state index < -0.39 is 5.91 Å². The molecule has 3 heterocycles. The van der Waals surface area contributed by atoms with Gasteiger partial charge in [-0.1, -0.05) is 0 Å². The van der Waals surface area contributed by atoms with Crippen molar-refractivity contribution < 1.29 is 14.3 Å². The van der Waals surface area contributed by atoms with Gasteiger partial charge in [0.15, 0.2) is 0 Å². The monoisotopic (exact) mass is 424 g/mol. The number of nitrogens with two attached hydrogens (primary N) is 1. The number of nitriles is 1. The summed E-state index contributed by atoms with van der Waals surface area (Å²) in [5.74, 6) is 0.200. The molecule has 1 saturated heterocycles. The predicted octanol–water partition coefficient (Wildman–Crippen LogP) is 0.00185. The van der Waals surface area contributed by atoms with E-state index in [9.17, 15) is 9.59 Å². The number of pyridine rings is 1. The molecule has 31 heavy (non-hydrogen) atoms. The van der Waals surface area contributed by atoms with Gasteiger partial charge in [0.25, 0.3) is 5.91 Å². The molecule has 0 unspecified atom stereocenters. The van der Waals surface area contributed by atoms with E-state index in [0.717, 1.165) is 12.0 Å². The lowest BCUT2D eigenvalue weighted by atomic mass is 10.2. The third-order valence-corrected chi connectivity index (χ3v) is 5.02. The molecular weight excluding hydrogens is 400 g/mol. The first-order valence-corrected chi connectivity index (χ1v) is 9.86. The van der Waals surface area contributed by atoms with E-state index in [-0.39, 0.29) is 24.5 Å². The number of carbonyl (C=O) groups excluding carboxylic acids is 2. The summed E-state index contributed by atoms with van der Waals surface area (Å²) in [5.41, 5.74) is 6.30. The van der Waals surface area contributed by atoms with Crippen LogP contribution in [0.25, 0.3) is 0 Å². The number of amides is 2. The number of ether oxygens (including phenoxy) is 1. The molecule has 0 saturated carbocycles. The molecule has 11 heteroatoms. The Kier molecular flexibility index (Phi) is 7.29. The molecule has 1 aliphatic rings. The van der Waals surface area contributed by atoms with Gasteiger partial charge in [0.05, 0.1) is 49.2 Å². The van der Waals surface area contributed by atoms with E-state index in [4.69, 9.17) is 21.1 Å². The van der Waals surface area contributed by atoms with Crippen molar-refractivity contribution in [3.8, 4) is 6.07 Å². The van der Waals surface area contributed by atoms with Crippen LogP contribution in [0, 0.1) is 16.7 Å². The van der Waals surface area contributed by atoms with Gasteiger partial charge in [-0.3, -0.25) is 14.3 Å². The largest absolute Gasteiger partial charge is 0.379 e. The highest BCUT2D eigenvalue weighted by atomic mass is 16.5. The van der Waals surface area contributed by atoms with Crippen molar-refractivity contribution in [2.24, 2.45) is 5.73 Å². The fourth-order valence-electron chi connectivity index (χ4n) is 3.31. The molecule has 0 bridgehead atoms. The van der Waals surface area contributed by atoms with Gasteiger partial charge in [0, 0.05) is 38.6 Å². The van der Waals surface area contributed by atoms with Gasteiger partial charge in [-0.15, -0.1) is 0 Å². The lowest BCUT2D eigenvalue weighted by Crippen LogP contribution is -2.49. The summed E-state index contributed by atoms with van der Waals surface area (Å²) in [4.78, 5) is 31.9. The van der Waals surface area contributed by atoms with Gasteiger partial charge in [-0.05, 0) is 12.1 Å². The molecule has 0 aliphatic carbocycles. The molecule has 2 amide bonds. The van der Waals surface area contributed by atoms with E-state index in [0.29, 0.717) is 50.6 Å². The molecule has 2 aromatic heterocycles. The van der Waals surface area contributed by atoms with Gasteiger partial charge in [-0.25, -0.2) is 4.98 Å². The number of nitrogens with zero attached hydrogens (tertiary/aromatic N) is 6. The first kappa shape index (κ1) is 21.9. The molecule has 0 spiro atoms. The molecule has 0 radical (unpaired) electrons. The number of anilines is 1. The maximum Gasteiger partial charge on any atom is 0.252 e. The molecule has 3 N–H and O–H groups in total. The average molecular weight is 424 g/mol. The summed E-state index contributed by atoms with van der Waals surface area (Å²) >= 11 is 0. The van der Waals surface area contributed by atoms with Crippen molar-refractivity contribution in [3.05, 3.63) is 41.3 Å². The van der Waals surface area contributed by atoms with Crippen LogP contribution in [0.4, 0.5) is 5.82 Å². The van der Waals surface area contributed by atoms with Crippen LogP contribution >= 0.6 is 0 Å². The Labute approximate surface area is 179 Å². The van der Waals surface area contributed by atoms with E-state index in [1.54, 1.807) is 12.3 Å². The quantitative estimate of drug-likeness (QED) is 0.424. The highest BCUT2D eigenvalue weighted by Crippen LogP contribution is 2.14. The minimum absolute atomic E-state index is 0.0303. The summed E-state index contributed by atoms with van der Waals surface area (Å²) < 4.78 is 7.01. The summed E-state index contributed by atoms with van der Waals surface area (Å²) in [6, 6.07) is 5.60. The van der Waals surface area contributed by atoms with Crippen molar-refractivity contribution in [1.29, 1.82) is 10.7 Å². The first-order chi connectivity index (χ1) is 15.0. The Bertz CT molecular complexity index is 971. The number of piperazine rings is 1. The number of nitrogens with one attached hydrogen (secondary N) is 1. The van der Waals surface area contributed by atoms with Crippen molar-refractivity contribution in [2.45, 2.75) is 13.0 Å². The number of primary amides is 1. The van der Waals surface area contributed by atoms with Crippen LogP contribution in [0.1, 0.15) is 28.0 Å². The Morgan fingerprint density at radius 1 is 1.23 bits per heavy atom. The van der Waals surface area contributed by atoms with Crippen LogP contribution in [-0.2, 0) is 16.1 Å². The molecule has 1 aliphatic heterocycles. The van der Waals surface area contributed by atoms with Crippen LogP contribution in [0.5, 0.6) is 0 Å². The second kappa shape index (κ2) is 10.3. The maximum atomic E-state index is 12.4. The lowest BCUT2D eigenvalue weighted by Gasteiger charge is -2.35. The molecule has 2 aromatic rings. The minimum atomic E-state index is -0.633. The summed E-state index contributed by atoms with van der Waals surface area (Å²) in [5, 5.41) is 20.3. The van der Waals surface area contributed by atoms with Crippen LogP contribution in [0.15, 0.2) is 24.5 Å². The van der Waals surface area contributed by atoms with E-state index in [2.05, 4.69) is 15.0 Å². The fraction of sp³-hybridized carbons (Fsp3) is 0.400. The molecule has 0 atom stereocenters. The molecule has 1 fully saturated rings. The van der Waals surface area contributed by atoms with Crippen LogP contribution in [0.2, 0.25) is 0 Å². The van der Waals surface area contributed by atoms with Gasteiger partial charge in [-0.2, -0.15) is 10.4 Å². The third kappa shape index (κ3) is 5.43. The number of hydrogen-bond acceptors (Lipinski definition) is 8. The first-order valence-electron chi connectivity index (χ1n) is 9.86. The predicted molar refractivity (Wildman–Crippen MR) is 112 cm³/mol. The number of aromatic nitrogens is 3. The molecule has 11 nitrogen and oxygen atoms in total. The summed E-state index contributed by atoms with van der Waals surface area (Å²) in [6.45, 7) is 3.49.